The molecule has 0 bridgehead atoms. The molecule has 2 rings (SSSR count). The van der Waals surface area contributed by atoms with Gasteiger partial charge in [-0.1, -0.05) is 0 Å². The van der Waals surface area contributed by atoms with Crippen LogP contribution in [0.5, 0.6) is 5.75 Å². The number of carbonyl (C=O) groups is 1. The van der Waals surface area contributed by atoms with Crippen LogP contribution in [0.3, 0.4) is 0 Å². The van der Waals surface area contributed by atoms with E-state index in [1.54, 1.807) is 0 Å². The first kappa shape index (κ1) is 19.2. The molecule has 25 heavy (non-hydrogen) atoms. The summed E-state index contributed by atoms with van der Waals surface area (Å²) in [6.45, 7) is 0. The Morgan fingerprint density at radius 3 is 2.40 bits per heavy atom. The zero-order valence-corrected chi connectivity index (χ0v) is 15.5. The molecule has 10 heteroatoms. The largest absolute Gasteiger partial charge is 0.495 e. The Hall–Kier alpha value is -2.17. The molecule has 1 N–H and O–H groups in total. The maximum Gasteiger partial charge on any atom is 0.364 e. The van der Waals surface area contributed by atoms with Gasteiger partial charge in [-0.3, -0.25) is 4.55 Å². The van der Waals surface area contributed by atoms with Gasteiger partial charge in [0.2, 0.25) is 0 Å². The van der Waals surface area contributed by atoms with Crippen LogP contribution in [0.25, 0.3) is 0 Å². The van der Waals surface area contributed by atoms with E-state index in [1.165, 1.54) is 44.6 Å². The van der Waals surface area contributed by atoms with Crippen molar-refractivity contribution in [1.29, 1.82) is 0 Å². The molecule has 2 aromatic carbocycles. The second-order valence-corrected chi connectivity index (χ2v) is 6.83. The summed E-state index contributed by atoms with van der Waals surface area (Å²) < 4.78 is 57.5. The normalized spacial score (nSPS) is 11.1. The Morgan fingerprint density at radius 1 is 1.20 bits per heavy atom. The highest BCUT2D eigenvalue weighted by atomic mass is 79.9. The molecule has 134 valence electrons. The number of anilines is 2. The summed E-state index contributed by atoms with van der Waals surface area (Å²) in [5.74, 6) is -1.42. The van der Waals surface area contributed by atoms with Crippen LogP contribution in [0.1, 0.15) is 10.4 Å². The number of ether oxygens (including phenoxy) is 2. The maximum atomic E-state index is 13.8. The molecule has 0 amide bonds. The van der Waals surface area contributed by atoms with Crippen molar-refractivity contribution in [3.05, 3.63) is 52.3 Å². The molecule has 0 aliphatic carbocycles. The lowest BCUT2D eigenvalue weighted by molar-refractivity contribution is 0.0600. The molecule has 0 unspecified atom stereocenters. The van der Waals surface area contributed by atoms with Crippen LogP contribution < -0.4 is 9.04 Å². The molecular weight excluding hydrogens is 421 g/mol. The summed E-state index contributed by atoms with van der Waals surface area (Å²) in [4.78, 5) is 11.6. The van der Waals surface area contributed by atoms with E-state index in [0.29, 0.717) is 4.31 Å². The number of esters is 1. The van der Waals surface area contributed by atoms with Gasteiger partial charge in [0.25, 0.3) is 0 Å². The molecule has 0 aliphatic heterocycles. The zero-order valence-electron chi connectivity index (χ0n) is 13.1. The zero-order chi connectivity index (χ0) is 18.8. The molecule has 2 aromatic rings. The minimum Gasteiger partial charge on any atom is -0.495 e. The van der Waals surface area contributed by atoms with Gasteiger partial charge in [0, 0.05) is 0 Å². The summed E-state index contributed by atoms with van der Waals surface area (Å²) in [5.41, 5.74) is -0.160. The molecule has 0 aromatic heterocycles. The fourth-order valence-corrected chi connectivity index (χ4v) is 3.12. The monoisotopic (exact) mass is 433 g/mol. The highest BCUT2D eigenvalue weighted by Crippen LogP contribution is 2.37. The van der Waals surface area contributed by atoms with Crippen LogP contribution in [0, 0.1) is 5.82 Å². The Balaban J connectivity index is 2.67. The van der Waals surface area contributed by atoms with Gasteiger partial charge < -0.3 is 9.47 Å². The molecule has 0 fully saturated rings. The van der Waals surface area contributed by atoms with Crippen LogP contribution in [0.15, 0.2) is 40.9 Å². The third kappa shape index (κ3) is 4.09. The summed E-state index contributed by atoms with van der Waals surface area (Å²) >= 11 is 2.97. The van der Waals surface area contributed by atoms with E-state index in [4.69, 9.17) is 4.74 Å². The topological polar surface area (TPSA) is 93.1 Å². The van der Waals surface area contributed by atoms with Crippen molar-refractivity contribution in [2.45, 2.75) is 0 Å². The van der Waals surface area contributed by atoms with Crippen molar-refractivity contribution in [3.8, 4) is 5.75 Å². The van der Waals surface area contributed by atoms with Crippen LogP contribution in [-0.4, -0.2) is 33.2 Å². The molecule has 0 aliphatic rings. The van der Waals surface area contributed by atoms with Crippen molar-refractivity contribution in [2.75, 3.05) is 18.5 Å². The molecular formula is C15H13BrFNO6S. The maximum absolute atomic E-state index is 13.8. The van der Waals surface area contributed by atoms with Gasteiger partial charge in [-0.2, -0.15) is 8.42 Å². The molecule has 0 saturated heterocycles. The Labute approximate surface area is 152 Å². The summed E-state index contributed by atoms with van der Waals surface area (Å²) in [7, 11) is -2.37. The number of rotatable bonds is 5. The minimum atomic E-state index is -4.82. The lowest BCUT2D eigenvalue weighted by Crippen LogP contribution is -2.26. The molecule has 0 saturated carbocycles. The number of hydrogen-bond acceptors (Lipinski definition) is 5. The van der Waals surface area contributed by atoms with E-state index in [0.717, 1.165) is 6.07 Å². The van der Waals surface area contributed by atoms with Gasteiger partial charge in [0.1, 0.15) is 17.3 Å². The lowest BCUT2D eigenvalue weighted by Gasteiger charge is -2.23. The van der Waals surface area contributed by atoms with Crippen molar-refractivity contribution in [1.82, 2.24) is 0 Å². The minimum absolute atomic E-state index is 0.0381. The number of methoxy groups -OCH3 is 2. The van der Waals surface area contributed by atoms with Crippen LogP contribution in [-0.2, 0) is 15.0 Å². The second-order valence-electron chi connectivity index (χ2n) is 4.72. The third-order valence-electron chi connectivity index (χ3n) is 3.19. The van der Waals surface area contributed by atoms with E-state index in [-0.39, 0.29) is 27.2 Å². The van der Waals surface area contributed by atoms with Gasteiger partial charge >= 0.3 is 16.3 Å². The van der Waals surface area contributed by atoms with Gasteiger partial charge in [0.05, 0.1) is 29.9 Å². The van der Waals surface area contributed by atoms with Crippen LogP contribution >= 0.6 is 15.9 Å². The van der Waals surface area contributed by atoms with E-state index >= 15 is 0 Å². The van der Waals surface area contributed by atoms with E-state index < -0.39 is 22.1 Å². The van der Waals surface area contributed by atoms with E-state index in [1.807, 2.05) is 0 Å². The van der Waals surface area contributed by atoms with Gasteiger partial charge in [-0.25, -0.2) is 13.5 Å². The fourth-order valence-electron chi connectivity index (χ4n) is 2.10. The van der Waals surface area contributed by atoms with Crippen molar-refractivity contribution >= 4 is 43.6 Å². The summed E-state index contributed by atoms with van der Waals surface area (Å²) in [6.07, 6.45) is 0. The molecule has 0 atom stereocenters. The van der Waals surface area contributed by atoms with Gasteiger partial charge in [-0.15, -0.1) is 0 Å². The average Bonchev–Trinajstić information content (AvgIpc) is 2.56. The predicted molar refractivity (Wildman–Crippen MR) is 92.1 cm³/mol. The molecule has 0 spiro atoms. The average molecular weight is 434 g/mol. The first-order valence-corrected chi connectivity index (χ1v) is 8.87. The number of nitrogens with zero attached hydrogens (tertiary/aromatic N) is 1. The summed E-state index contributed by atoms with van der Waals surface area (Å²) in [5, 5.41) is 0. The Bertz CT molecular complexity index is 918. The number of hydrogen-bond donors (Lipinski definition) is 1. The standard InChI is InChI=1S/C15H13BrFNO6S/c1-23-14-7-9(15(19)24-2)3-6-13(14)18(25(20,21)22)10-4-5-11(16)12(17)8-10/h3-8H,1-2H3,(H,20,21,22). The highest BCUT2D eigenvalue weighted by molar-refractivity contribution is 9.10. The van der Waals surface area contributed by atoms with Gasteiger partial charge in [-0.05, 0) is 52.3 Å². The number of benzene rings is 2. The number of halogens is 2. The number of carbonyl (C=O) groups excluding carboxylic acids is 1. The van der Waals surface area contributed by atoms with Gasteiger partial charge in [0.15, 0.2) is 0 Å². The van der Waals surface area contributed by atoms with Crippen molar-refractivity contribution < 1.29 is 31.6 Å². The third-order valence-corrected chi connectivity index (χ3v) is 4.70. The molecule has 7 nitrogen and oxygen atoms in total. The van der Waals surface area contributed by atoms with Crippen LogP contribution in [0.4, 0.5) is 15.8 Å². The first-order valence-electron chi connectivity index (χ1n) is 6.68. The van der Waals surface area contributed by atoms with Crippen molar-refractivity contribution in [2.24, 2.45) is 0 Å². The Kier molecular flexibility index (Phi) is 5.65. The van der Waals surface area contributed by atoms with Crippen LogP contribution in [0.2, 0.25) is 0 Å². The smallest absolute Gasteiger partial charge is 0.364 e. The second kappa shape index (κ2) is 7.38. The van der Waals surface area contributed by atoms with Crippen molar-refractivity contribution in [3.63, 3.8) is 0 Å². The quantitative estimate of drug-likeness (QED) is 0.574. The lowest BCUT2D eigenvalue weighted by atomic mass is 10.2. The Morgan fingerprint density at radius 2 is 1.88 bits per heavy atom. The van der Waals surface area contributed by atoms with E-state index in [2.05, 4.69) is 20.7 Å². The summed E-state index contributed by atoms with van der Waals surface area (Å²) in [6, 6.07) is 7.27. The predicted octanol–water partition coefficient (Wildman–Crippen LogP) is 3.32. The fraction of sp³-hybridized carbons (Fsp3) is 0.133. The first-order chi connectivity index (χ1) is 11.7. The highest BCUT2D eigenvalue weighted by Gasteiger charge is 2.26. The molecule has 0 heterocycles. The SMILES string of the molecule is COC(=O)c1ccc(N(c2ccc(Br)c(F)c2)S(=O)(=O)O)c(OC)c1. The molecule has 0 radical (unpaired) electrons. The van der Waals surface area contributed by atoms with E-state index in [9.17, 15) is 22.2 Å².